The van der Waals surface area contributed by atoms with Crippen molar-refractivity contribution in [3.05, 3.63) is 28.2 Å². The number of anilines is 1. The fourth-order valence-electron chi connectivity index (χ4n) is 1.27. The van der Waals surface area contributed by atoms with Crippen molar-refractivity contribution < 1.29 is 9.47 Å². The molecule has 1 aromatic rings. The molecule has 0 radical (unpaired) electrons. The molecule has 0 fully saturated rings. The maximum atomic E-state index is 8.96. The topological polar surface area (TPSA) is 54.3 Å². The smallest absolute Gasteiger partial charge is 0.101 e. The van der Waals surface area contributed by atoms with Crippen LogP contribution in [0.4, 0.5) is 5.69 Å². The Kier molecular flexibility index (Phi) is 6.63. The number of methoxy groups -OCH3 is 1. The average Bonchev–Trinajstić information content (AvgIpc) is 2.35. The summed E-state index contributed by atoms with van der Waals surface area (Å²) in [6.45, 7) is 2.44. The van der Waals surface area contributed by atoms with Crippen molar-refractivity contribution in [3.63, 3.8) is 0 Å². The highest BCUT2D eigenvalue weighted by molar-refractivity contribution is 9.10. The zero-order valence-electron chi connectivity index (χ0n) is 9.70. The van der Waals surface area contributed by atoms with E-state index in [1.807, 2.05) is 12.1 Å². The molecule has 0 aliphatic rings. The quantitative estimate of drug-likeness (QED) is 0.786. The molecule has 0 aromatic heterocycles. The van der Waals surface area contributed by atoms with Crippen LogP contribution in [0.25, 0.3) is 0 Å². The van der Waals surface area contributed by atoms with E-state index in [2.05, 4.69) is 27.3 Å². The Morgan fingerprint density at radius 1 is 1.35 bits per heavy atom. The number of hydrogen-bond acceptors (Lipinski definition) is 4. The van der Waals surface area contributed by atoms with E-state index in [0.29, 0.717) is 31.9 Å². The first kappa shape index (κ1) is 14.0. The molecular weight excluding hydrogens is 284 g/mol. The van der Waals surface area contributed by atoms with Gasteiger partial charge >= 0.3 is 0 Å². The lowest BCUT2D eigenvalue weighted by molar-refractivity contribution is 0.0759. The van der Waals surface area contributed by atoms with Crippen molar-refractivity contribution >= 4 is 21.6 Å². The number of nitrogens with one attached hydrogen (secondary N) is 1. The summed E-state index contributed by atoms with van der Waals surface area (Å²) >= 11 is 3.33. The van der Waals surface area contributed by atoms with Crippen LogP contribution in [-0.2, 0) is 9.47 Å². The van der Waals surface area contributed by atoms with E-state index in [9.17, 15) is 0 Å². The van der Waals surface area contributed by atoms with Crippen LogP contribution in [0.2, 0.25) is 0 Å². The van der Waals surface area contributed by atoms with Crippen molar-refractivity contribution in [1.82, 2.24) is 0 Å². The van der Waals surface area contributed by atoms with Crippen molar-refractivity contribution in [2.24, 2.45) is 0 Å². The summed E-state index contributed by atoms with van der Waals surface area (Å²) in [7, 11) is 1.64. The summed E-state index contributed by atoms with van der Waals surface area (Å²) < 4.78 is 11.1. The highest BCUT2D eigenvalue weighted by Gasteiger charge is 2.01. The number of benzene rings is 1. The number of halogens is 1. The number of hydrogen-bond donors (Lipinski definition) is 1. The fraction of sp³-hybridized carbons (Fsp3) is 0.417. The van der Waals surface area contributed by atoms with Crippen LogP contribution in [0.3, 0.4) is 0 Å². The van der Waals surface area contributed by atoms with Crippen LogP contribution in [0.1, 0.15) is 5.56 Å². The molecule has 0 heterocycles. The van der Waals surface area contributed by atoms with E-state index in [1.54, 1.807) is 13.2 Å². The molecule has 1 rings (SSSR count). The van der Waals surface area contributed by atoms with Crippen LogP contribution in [0, 0.1) is 11.3 Å². The molecule has 0 amide bonds. The van der Waals surface area contributed by atoms with Gasteiger partial charge < -0.3 is 14.8 Å². The lowest BCUT2D eigenvalue weighted by atomic mass is 10.2. The van der Waals surface area contributed by atoms with Crippen LogP contribution in [0.15, 0.2) is 22.7 Å². The first-order chi connectivity index (χ1) is 8.27. The molecule has 1 N–H and O–H groups in total. The number of rotatable bonds is 7. The average molecular weight is 299 g/mol. The minimum absolute atomic E-state index is 0.587. The Bertz CT molecular complexity index is 391. The van der Waals surface area contributed by atoms with Gasteiger partial charge in [0.2, 0.25) is 0 Å². The van der Waals surface area contributed by atoms with E-state index in [-0.39, 0.29) is 0 Å². The third kappa shape index (κ3) is 5.18. The number of nitriles is 1. The first-order valence-electron chi connectivity index (χ1n) is 5.28. The van der Waals surface area contributed by atoms with Crippen molar-refractivity contribution in [3.8, 4) is 6.07 Å². The van der Waals surface area contributed by atoms with Crippen LogP contribution in [-0.4, -0.2) is 33.5 Å². The van der Waals surface area contributed by atoms with Crippen molar-refractivity contribution in [2.75, 3.05) is 38.8 Å². The molecule has 0 aliphatic carbocycles. The summed E-state index contributed by atoms with van der Waals surface area (Å²) in [6, 6.07) is 7.70. The molecule has 92 valence electrons. The fourth-order valence-corrected chi connectivity index (χ4v) is 1.63. The monoisotopic (exact) mass is 298 g/mol. The molecule has 0 atom stereocenters. The molecule has 0 saturated heterocycles. The van der Waals surface area contributed by atoms with Crippen LogP contribution in [0.5, 0.6) is 0 Å². The Labute approximate surface area is 110 Å². The van der Waals surface area contributed by atoms with E-state index in [4.69, 9.17) is 14.7 Å². The SMILES string of the molecule is COCCOCCNc1ccc(Br)cc1C#N. The van der Waals surface area contributed by atoms with Gasteiger partial charge in [0, 0.05) is 18.1 Å². The molecule has 0 bridgehead atoms. The van der Waals surface area contributed by atoms with Crippen LogP contribution >= 0.6 is 15.9 Å². The van der Waals surface area contributed by atoms with Gasteiger partial charge in [-0.3, -0.25) is 0 Å². The molecule has 0 unspecified atom stereocenters. The highest BCUT2D eigenvalue weighted by atomic mass is 79.9. The van der Waals surface area contributed by atoms with Gasteiger partial charge in [-0.05, 0) is 18.2 Å². The van der Waals surface area contributed by atoms with Gasteiger partial charge in [0.15, 0.2) is 0 Å². The number of nitrogens with zero attached hydrogens (tertiary/aromatic N) is 1. The molecule has 4 nitrogen and oxygen atoms in total. The minimum Gasteiger partial charge on any atom is -0.382 e. The molecule has 17 heavy (non-hydrogen) atoms. The van der Waals surface area contributed by atoms with E-state index in [0.717, 1.165) is 10.2 Å². The largest absolute Gasteiger partial charge is 0.382 e. The van der Waals surface area contributed by atoms with Gasteiger partial charge in [0.25, 0.3) is 0 Å². The summed E-state index contributed by atoms with van der Waals surface area (Å²) in [5, 5.41) is 12.1. The predicted octanol–water partition coefficient (Wildman–Crippen LogP) is 2.40. The summed E-state index contributed by atoms with van der Waals surface area (Å²) in [5.41, 5.74) is 1.45. The minimum atomic E-state index is 0.587. The Balaban J connectivity index is 2.34. The van der Waals surface area contributed by atoms with Gasteiger partial charge in [-0.25, -0.2) is 0 Å². The Morgan fingerprint density at radius 2 is 2.18 bits per heavy atom. The number of ether oxygens (including phenoxy) is 2. The maximum Gasteiger partial charge on any atom is 0.101 e. The second-order valence-corrected chi connectivity index (χ2v) is 4.25. The summed E-state index contributed by atoms with van der Waals surface area (Å²) in [4.78, 5) is 0. The van der Waals surface area contributed by atoms with Crippen molar-refractivity contribution in [1.29, 1.82) is 5.26 Å². The van der Waals surface area contributed by atoms with Gasteiger partial charge in [0.1, 0.15) is 6.07 Å². The zero-order valence-corrected chi connectivity index (χ0v) is 11.3. The lowest BCUT2D eigenvalue weighted by Crippen LogP contribution is -2.12. The highest BCUT2D eigenvalue weighted by Crippen LogP contribution is 2.19. The Hall–Kier alpha value is -1.09. The molecule has 5 heteroatoms. The first-order valence-corrected chi connectivity index (χ1v) is 6.07. The standard InChI is InChI=1S/C12H15BrN2O2/c1-16-6-7-17-5-4-15-12-3-2-11(13)8-10(12)9-14/h2-3,8,15H,4-7H2,1H3. The summed E-state index contributed by atoms with van der Waals surface area (Å²) in [6.07, 6.45) is 0. The van der Waals surface area contributed by atoms with E-state index < -0.39 is 0 Å². The van der Waals surface area contributed by atoms with Gasteiger partial charge in [0.05, 0.1) is 31.1 Å². The second kappa shape index (κ2) is 8.07. The molecular formula is C12H15BrN2O2. The maximum absolute atomic E-state index is 8.96. The van der Waals surface area contributed by atoms with E-state index in [1.165, 1.54) is 0 Å². The summed E-state index contributed by atoms with van der Waals surface area (Å²) in [5.74, 6) is 0. The third-order valence-corrected chi connectivity index (χ3v) is 2.59. The second-order valence-electron chi connectivity index (χ2n) is 3.33. The third-order valence-electron chi connectivity index (χ3n) is 2.10. The molecule has 0 spiro atoms. The molecule has 0 saturated carbocycles. The molecule has 1 aromatic carbocycles. The van der Waals surface area contributed by atoms with E-state index >= 15 is 0 Å². The lowest BCUT2D eigenvalue weighted by Gasteiger charge is -2.08. The van der Waals surface area contributed by atoms with Gasteiger partial charge in [-0.15, -0.1) is 0 Å². The zero-order chi connectivity index (χ0) is 12.5. The van der Waals surface area contributed by atoms with Gasteiger partial charge in [-0.1, -0.05) is 15.9 Å². The molecule has 0 aliphatic heterocycles. The Morgan fingerprint density at radius 3 is 2.88 bits per heavy atom. The van der Waals surface area contributed by atoms with Crippen LogP contribution < -0.4 is 5.32 Å². The van der Waals surface area contributed by atoms with Crippen molar-refractivity contribution in [2.45, 2.75) is 0 Å². The predicted molar refractivity (Wildman–Crippen MR) is 70.0 cm³/mol. The normalized spacial score (nSPS) is 9.94. The van der Waals surface area contributed by atoms with Gasteiger partial charge in [-0.2, -0.15) is 5.26 Å².